The Morgan fingerprint density at radius 2 is 1.81 bits per heavy atom. The van der Waals surface area contributed by atoms with Gasteiger partial charge in [-0.1, -0.05) is 6.58 Å². The van der Waals surface area contributed by atoms with Gasteiger partial charge in [0, 0.05) is 18.2 Å². The molecule has 7 nitrogen and oxygen atoms in total. The van der Waals surface area contributed by atoms with E-state index in [1.807, 2.05) is 0 Å². The van der Waals surface area contributed by atoms with Crippen molar-refractivity contribution in [1.82, 2.24) is 0 Å². The van der Waals surface area contributed by atoms with E-state index in [-0.39, 0.29) is 13.2 Å². The van der Waals surface area contributed by atoms with Crippen LogP contribution in [0.15, 0.2) is 12.2 Å². The average molecular weight is 371 g/mol. The second-order valence-corrected chi connectivity index (χ2v) is 11.3. The Kier molecular flexibility index (Phi) is 11.4. The lowest BCUT2D eigenvalue weighted by Crippen LogP contribution is -2.44. The van der Waals surface area contributed by atoms with Crippen LogP contribution in [0.25, 0.3) is 0 Å². The van der Waals surface area contributed by atoms with Crippen molar-refractivity contribution >= 4 is 46.2 Å². The summed E-state index contributed by atoms with van der Waals surface area (Å²) in [5.74, 6) is -0.511. The Morgan fingerprint density at radius 1 is 1.24 bits per heavy atom. The summed E-state index contributed by atoms with van der Waals surface area (Å²) in [5.41, 5.74) is 0.304. The van der Waals surface area contributed by atoms with E-state index in [0.717, 1.165) is 12.5 Å². The fourth-order valence-electron chi connectivity index (χ4n) is 1.51. The predicted octanol–water partition coefficient (Wildman–Crippen LogP) is -3.30. The highest BCUT2D eigenvalue weighted by Gasteiger charge is 2.34. The van der Waals surface area contributed by atoms with Crippen LogP contribution in [0.1, 0.15) is 13.3 Å². The number of esters is 1. The number of carbonyl (C=O) groups is 1. The Hall–Kier alpha value is -0.122. The molecule has 1 atom stereocenters. The topological polar surface area (TPSA) is 83.5 Å². The van der Waals surface area contributed by atoms with E-state index < -0.39 is 20.9 Å². The van der Waals surface area contributed by atoms with Crippen LogP contribution in [0.3, 0.4) is 0 Å². The van der Waals surface area contributed by atoms with Gasteiger partial charge in [0.05, 0.1) is 6.61 Å². The molecule has 124 valence electrons. The summed E-state index contributed by atoms with van der Waals surface area (Å²) in [4.78, 5) is 11.1. The van der Waals surface area contributed by atoms with Crippen LogP contribution < -0.4 is 0 Å². The summed E-state index contributed by atoms with van der Waals surface area (Å²) in [6.07, 6.45) is -0.0909. The maximum atomic E-state index is 11.1. The summed E-state index contributed by atoms with van der Waals surface area (Å²) in [7, 11) is -0.578. The summed E-state index contributed by atoms with van der Waals surface area (Å²) >= 11 is 0. The molecule has 1 N–H and O–H groups in total. The number of ether oxygens (including phenoxy) is 2. The Bertz CT molecular complexity index is 316. The van der Waals surface area contributed by atoms with Crippen LogP contribution in [-0.2, 0) is 26.6 Å². The van der Waals surface area contributed by atoms with Gasteiger partial charge in [0.25, 0.3) is 0 Å². The van der Waals surface area contributed by atoms with E-state index in [1.165, 1.54) is 0 Å². The molecule has 0 aromatic carbocycles. The first kappa shape index (κ1) is 20.9. The zero-order valence-corrected chi connectivity index (χ0v) is 20.2. The van der Waals surface area contributed by atoms with Crippen molar-refractivity contribution < 1.29 is 31.7 Å². The summed E-state index contributed by atoms with van der Waals surface area (Å²) in [5, 5.41) is 9.60. The molecule has 0 aliphatic carbocycles. The quantitative estimate of drug-likeness (QED) is 0.167. The third kappa shape index (κ3) is 8.79. The SMILES string of the molecule is C=C(C)C(=O)OCC(O)COCCC[Si](O[SiH3])(O[SiH3])O[SiH3]. The van der Waals surface area contributed by atoms with E-state index in [4.69, 9.17) is 21.8 Å². The van der Waals surface area contributed by atoms with Crippen molar-refractivity contribution in [2.75, 3.05) is 19.8 Å². The van der Waals surface area contributed by atoms with Crippen molar-refractivity contribution in [3.05, 3.63) is 12.2 Å². The minimum atomic E-state index is -2.37. The maximum absolute atomic E-state index is 11.1. The largest absolute Gasteiger partial charge is 0.467 e. The van der Waals surface area contributed by atoms with Crippen molar-refractivity contribution in [3.63, 3.8) is 0 Å². The van der Waals surface area contributed by atoms with Crippen LogP contribution in [0, 0.1) is 0 Å². The molecule has 0 heterocycles. The number of carbonyl (C=O) groups excluding carboxylic acids is 1. The van der Waals surface area contributed by atoms with Gasteiger partial charge in [-0.15, -0.1) is 0 Å². The smallest absolute Gasteiger partial charge is 0.460 e. The van der Waals surface area contributed by atoms with Gasteiger partial charge in [-0.2, -0.15) is 0 Å². The third-order valence-corrected chi connectivity index (χ3v) is 11.2. The van der Waals surface area contributed by atoms with Gasteiger partial charge in [0.15, 0.2) is 0 Å². The van der Waals surface area contributed by atoms with E-state index in [1.54, 1.807) is 6.92 Å². The minimum absolute atomic E-state index is 0.0958. The molecule has 11 heteroatoms. The molecular formula is C10H26O7Si4. The molecule has 0 radical (unpaired) electrons. The summed E-state index contributed by atoms with van der Waals surface area (Å²) in [6, 6.07) is 0.726. The number of aliphatic hydroxyl groups excluding tert-OH is 1. The molecule has 0 bridgehead atoms. The average Bonchev–Trinajstić information content (AvgIpc) is 2.49. The van der Waals surface area contributed by atoms with Crippen LogP contribution in [0.5, 0.6) is 0 Å². The molecule has 0 amide bonds. The zero-order chi connectivity index (χ0) is 16.3. The molecule has 0 saturated heterocycles. The lowest BCUT2D eigenvalue weighted by atomic mass is 10.3. The van der Waals surface area contributed by atoms with Gasteiger partial charge < -0.3 is 26.9 Å². The second-order valence-electron chi connectivity index (χ2n) is 4.51. The molecule has 1 unspecified atom stereocenters. The Morgan fingerprint density at radius 3 is 2.29 bits per heavy atom. The van der Waals surface area contributed by atoms with Gasteiger partial charge in [-0.3, -0.25) is 0 Å². The molecule has 0 rings (SSSR count). The number of hydrogen-bond acceptors (Lipinski definition) is 7. The van der Waals surface area contributed by atoms with Crippen molar-refractivity contribution in [2.45, 2.75) is 25.5 Å². The molecule has 0 saturated carbocycles. The zero-order valence-electron chi connectivity index (χ0n) is 13.2. The standard InChI is InChI=1S/C10H26O7Si4/c1-8(2)10(12)14-7-9(11)6-13-4-3-5-21(15-18,16-19)17-20/h9,11H,1,3-7H2,2,18-20H3. The van der Waals surface area contributed by atoms with Crippen molar-refractivity contribution in [2.24, 2.45) is 0 Å². The Balaban J connectivity index is 3.75. The first-order chi connectivity index (χ1) is 9.90. The van der Waals surface area contributed by atoms with Crippen LogP contribution in [-0.4, -0.2) is 77.3 Å². The van der Waals surface area contributed by atoms with Crippen molar-refractivity contribution in [1.29, 1.82) is 0 Å². The van der Waals surface area contributed by atoms with Gasteiger partial charge in [0.2, 0.25) is 0 Å². The normalized spacial score (nSPS) is 15.7. The van der Waals surface area contributed by atoms with Gasteiger partial charge >= 0.3 is 14.8 Å². The third-order valence-electron chi connectivity index (χ3n) is 2.77. The molecule has 0 aromatic rings. The molecule has 21 heavy (non-hydrogen) atoms. The van der Waals surface area contributed by atoms with E-state index >= 15 is 0 Å². The number of hydrogen-bond donors (Lipinski definition) is 1. The van der Waals surface area contributed by atoms with Crippen LogP contribution in [0.4, 0.5) is 0 Å². The summed E-state index contributed by atoms with van der Waals surface area (Å²) < 4.78 is 26.6. The maximum Gasteiger partial charge on any atom is 0.467 e. The highest BCUT2D eigenvalue weighted by molar-refractivity contribution is 6.69. The second kappa shape index (κ2) is 11.4. The van der Waals surface area contributed by atoms with Gasteiger partial charge in [-0.05, 0) is 13.3 Å². The molecule has 0 aromatic heterocycles. The lowest BCUT2D eigenvalue weighted by Gasteiger charge is -2.26. The highest BCUT2D eigenvalue weighted by Crippen LogP contribution is 2.13. The predicted molar refractivity (Wildman–Crippen MR) is 90.8 cm³/mol. The fourth-order valence-corrected chi connectivity index (χ4v) is 11.0. The minimum Gasteiger partial charge on any atom is -0.460 e. The van der Waals surface area contributed by atoms with E-state index in [0.29, 0.717) is 43.6 Å². The molecule has 0 spiro atoms. The molecule has 0 aliphatic rings. The fraction of sp³-hybridized carbons (Fsp3) is 0.700. The first-order valence-electron chi connectivity index (χ1n) is 6.64. The van der Waals surface area contributed by atoms with Gasteiger partial charge in [-0.25, -0.2) is 4.79 Å². The van der Waals surface area contributed by atoms with E-state index in [9.17, 15) is 9.90 Å². The Labute approximate surface area is 135 Å². The molecule has 0 fully saturated rings. The molecule has 0 aliphatic heterocycles. The van der Waals surface area contributed by atoms with Gasteiger partial charge in [0.1, 0.15) is 44.2 Å². The van der Waals surface area contributed by atoms with Crippen LogP contribution in [0.2, 0.25) is 6.04 Å². The van der Waals surface area contributed by atoms with Crippen molar-refractivity contribution in [3.8, 4) is 0 Å². The summed E-state index contributed by atoms with van der Waals surface area (Å²) in [6.45, 7) is 5.50. The first-order valence-corrected chi connectivity index (χ1v) is 11.0. The van der Waals surface area contributed by atoms with E-state index in [2.05, 4.69) is 6.58 Å². The number of rotatable bonds is 12. The highest BCUT2D eigenvalue weighted by atomic mass is 28.5. The monoisotopic (exact) mass is 370 g/mol. The number of aliphatic hydroxyl groups is 1. The van der Waals surface area contributed by atoms with Crippen LogP contribution >= 0.6 is 0 Å². The molecular weight excluding hydrogens is 344 g/mol. The lowest BCUT2D eigenvalue weighted by molar-refractivity contribution is -0.143.